The fourth-order valence-corrected chi connectivity index (χ4v) is 1.89. The minimum Gasteiger partial charge on any atom is -0.377 e. The van der Waals surface area contributed by atoms with Crippen LogP contribution in [-0.4, -0.2) is 35.4 Å². The molecule has 0 saturated carbocycles. The monoisotopic (exact) mass is 225 g/mol. The minimum absolute atomic E-state index is 0.153. The van der Waals surface area contributed by atoms with E-state index in [0.717, 1.165) is 18.7 Å². The minimum atomic E-state index is -0.153. The van der Waals surface area contributed by atoms with E-state index in [2.05, 4.69) is 28.7 Å². The lowest BCUT2D eigenvalue weighted by atomic mass is 9.94. The van der Waals surface area contributed by atoms with E-state index in [1.165, 1.54) is 0 Å². The van der Waals surface area contributed by atoms with Crippen LogP contribution in [0, 0.1) is 0 Å². The van der Waals surface area contributed by atoms with Gasteiger partial charge in [-0.3, -0.25) is 0 Å². The lowest BCUT2D eigenvalue weighted by Crippen LogP contribution is -2.46. The summed E-state index contributed by atoms with van der Waals surface area (Å²) in [7, 11) is 5.76. The van der Waals surface area contributed by atoms with Crippen molar-refractivity contribution in [3.8, 4) is 0 Å². The van der Waals surface area contributed by atoms with Gasteiger partial charge in [-0.1, -0.05) is 0 Å². The first-order valence-corrected chi connectivity index (χ1v) is 5.70. The molecule has 0 bridgehead atoms. The van der Waals surface area contributed by atoms with Crippen LogP contribution in [0.15, 0.2) is 12.4 Å². The number of rotatable bonds is 6. The van der Waals surface area contributed by atoms with Crippen LogP contribution in [0.3, 0.4) is 0 Å². The van der Waals surface area contributed by atoms with Crippen LogP contribution in [0.25, 0.3) is 0 Å². The second-order valence-electron chi connectivity index (χ2n) is 4.64. The summed E-state index contributed by atoms with van der Waals surface area (Å²) in [6.45, 7) is 4.21. The molecule has 0 aromatic carbocycles. The number of methoxy groups -OCH3 is 1. The van der Waals surface area contributed by atoms with Gasteiger partial charge in [0.1, 0.15) is 5.82 Å². The zero-order valence-corrected chi connectivity index (χ0v) is 10.9. The smallest absolute Gasteiger partial charge is 0.108 e. The van der Waals surface area contributed by atoms with Crippen molar-refractivity contribution >= 4 is 0 Å². The third-order valence-electron chi connectivity index (χ3n) is 3.29. The molecule has 1 aromatic heterocycles. The number of imidazole rings is 1. The summed E-state index contributed by atoms with van der Waals surface area (Å²) in [5, 5.41) is 3.31. The molecule has 16 heavy (non-hydrogen) atoms. The average molecular weight is 225 g/mol. The molecule has 4 nitrogen and oxygen atoms in total. The Kier molecular flexibility index (Phi) is 4.50. The lowest BCUT2D eigenvalue weighted by Gasteiger charge is -2.32. The van der Waals surface area contributed by atoms with Gasteiger partial charge in [-0.2, -0.15) is 0 Å². The summed E-state index contributed by atoms with van der Waals surface area (Å²) in [5.74, 6) is 1.12. The maximum Gasteiger partial charge on any atom is 0.108 e. The number of hydrogen-bond acceptors (Lipinski definition) is 3. The van der Waals surface area contributed by atoms with Crippen molar-refractivity contribution < 1.29 is 4.74 Å². The number of aryl methyl sites for hydroxylation is 2. The number of ether oxygens (including phenoxy) is 1. The van der Waals surface area contributed by atoms with Gasteiger partial charge in [0.25, 0.3) is 0 Å². The van der Waals surface area contributed by atoms with Gasteiger partial charge in [0.15, 0.2) is 0 Å². The molecular formula is C12H23N3O. The van der Waals surface area contributed by atoms with E-state index in [1.54, 1.807) is 7.11 Å². The summed E-state index contributed by atoms with van der Waals surface area (Å²) in [6, 6.07) is 0.328. The van der Waals surface area contributed by atoms with E-state index in [9.17, 15) is 0 Å². The van der Waals surface area contributed by atoms with Gasteiger partial charge in [-0.05, 0) is 27.3 Å². The van der Waals surface area contributed by atoms with Gasteiger partial charge in [0, 0.05) is 39.0 Å². The molecule has 0 fully saturated rings. The van der Waals surface area contributed by atoms with Gasteiger partial charge < -0.3 is 14.6 Å². The molecule has 1 heterocycles. The third kappa shape index (κ3) is 3.06. The Hall–Kier alpha value is -0.870. The summed E-state index contributed by atoms with van der Waals surface area (Å²) in [4.78, 5) is 4.32. The molecule has 0 saturated heterocycles. The van der Waals surface area contributed by atoms with Crippen LogP contribution in [0.1, 0.15) is 26.1 Å². The molecule has 0 amide bonds. The summed E-state index contributed by atoms with van der Waals surface area (Å²) < 4.78 is 7.56. The number of hydrogen-bond donors (Lipinski definition) is 1. The number of likely N-dealkylation sites (N-methyl/N-ethyl adjacent to an activating group) is 1. The van der Waals surface area contributed by atoms with Crippen LogP contribution in [0.4, 0.5) is 0 Å². The molecule has 4 heteroatoms. The zero-order chi connectivity index (χ0) is 12.2. The van der Waals surface area contributed by atoms with Crippen LogP contribution < -0.4 is 5.32 Å². The van der Waals surface area contributed by atoms with Crippen LogP contribution >= 0.6 is 0 Å². The van der Waals surface area contributed by atoms with Crippen molar-refractivity contribution in [1.29, 1.82) is 0 Å². The van der Waals surface area contributed by atoms with E-state index in [1.807, 2.05) is 26.5 Å². The Morgan fingerprint density at radius 2 is 2.25 bits per heavy atom. The highest BCUT2D eigenvalue weighted by atomic mass is 16.5. The first-order chi connectivity index (χ1) is 7.51. The van der Waals surface area contributed by atoms with Crippen molar-refractivity contribution in [3.05, 3.63) is 18.2 Å². The number of aromatic nitrogens is 2. The lowest BCUT2D eigenvalue weighted by molar-refractivity contribution is -0.0104. The third-order valence-corrected chi connectivity index (χ3v) is 3.29. The zero-order valence-electron chi connectivity index (χ0n) is 10.9. The van der Waals surface area contributed by atoms with Crippen molar-refractivity contribution in [1.82, 2.24) is 14.9 Å². The predicted octanol–water partition coefficient (Wildman–Crippen LogP) is 1.37. The van der Waals surface area contributed by atoms with E-state index in [-0.39, 0.29) is 5.60 Å². The molecule has 1 aromatic rings. The Morgan fingerprint density at radius 3 is 2.69 bits per heavy atom. The quantitative estimate of drug-likeness (QED) is 0.794. The highest BCUT2D eigenvalue weighted by molar-refractivity contribution is 4.94. The Balaban J connectivity index is 2.56. The number of nitrogens with one attached hydrogen (secondary N) is 1. The van der Waals surface area contributed by atoms with Gasteiger partial charge in [-0.15, -0.1) is 0 Å². The molecule has 0 aliphatic heterocycles. The molecule has 0 radical (unpaired) electrons. The van der Waals surface area contributed by atoms with Crippen LogP contribution in [0.2, 0.25) is 0 Å². The first kappa shape index (κ1) is 13.2. The Bertz CT molecular complexity index is 320. The van der Waals surface area contributed by atoms with Gasteiger partial charge in [0.05, 0.1) is 5.60 Å². The fraction of sp³-hybridized carbons (Fsp3) is 0.750. The second-order valence-corrected chi connectivity index (χ2v) is 4.64. The molecule has 0 aliphatic carbocycles. The molecule has 0 aliphatic rings. The van der Waals surface area contributed by atoms with Crippen molar-refractivity contribution in [2.45, 2.75) is 38.3 Å². The Labute approximate surface area is 98.0 Å². The fourth-order valence-electron chi connectivity index (χ4n) is 1.89. The molecule has 1 rings (SSSR count). The largest absolute Gasteiger partial charge is 0.377 e. The summed E-state index contributed by atoms with van der Waals surface area (Å²) in [5.41, 5.74) is -0.153. The van der Waals surface area contributed by atoms with E-state index in [4.69, 9.17) is 4.74 Å². The Morgan fingerprint density at radius 1 is 1.56 bits per heavy atom. The van der Waals surface area contributed by atoms with Gasteiger partial charge in [-0.25, -0.2) is 4.98 Å². The summed E-state index contributed by atoms with van der Waals surface area (Å²) in [6.07, 6.45) is 5.79. The maximum atomic E-state index is 5.50. The van der Waals surface area contributed by atoms with E-state index in [0.29, 0.717) is 6.04 Å². The van der Waals surface area contributed by atoms with E-state index >= 15 is 0 Å². The van der Waals surface area contributed by atoms with Gasteiger partial charge in [0.2, 0.25) is 0 Å². The SMILES string of the molecule is CNC(CCc1nccn1C)C(C)(C)OC. The molecule has 1 unspecified atom stereocenters. The highest BCUT2D eigenvalue weighted by Crippen LogP contribution is 2.17. The molecule has 92 valence electrons. The summed E-state index contributed by atoms with van der Waals surface area (Å²) >= 11 is 0. The predicted molar refractivity (Wildman–Crippen MR) is 65.5 cm³/mol. The maximum absolute atomic E-state index is 5.50. The average Bonchev–Trinajstić information content (AvgIpc) is 2.65. The van der Waals surface area contributed by atoms with Crippen molar-refractivity contribution in [3.63, 3.8) is 0 Å². The van der Waals surface area contributed by atoms with Crippen LogP contribution in [0.5, 0.6) is 0 Å². The normalized spacial score (nSPS) is 14.1. The van der Waals surface area contributed by atoms with Crippen LogP contribution in [-0.2, 0) is 18.2 Å². The highest BCUT2D eigenvalue weighted by Gasteiger charge is 2.27. The standard InChI is InChI=1S/C12H23N3O/c1-12(2,16-5)10(13-3)6-7-11-14-8-9-15(11)4/h8-10,13H,6-7H2,1-5H3. The molecule has 1 N–H and O–H groups in total. The number of nitrogens with zero attached hydrogens (tertiary/aromatic N) is 2. The topological polar surface area (TPSA) is 39.1 Å². The van der Waals surface area contributed by atoms with Gasteiger partial charge >= 0.3 is 0 Å². The molecule has 1 atom stereocenters. The van der Waals surface area contributed by atoms with E-state index < -0.39 is 0 Å². The second kappa shape index (κ2) is 5.46. The van der Waals surface area contributed by atoms with Crippen molar-refractivity contribution in [2.24, 2.45) is 7.05 Å². The molecule has 0 spiro atoms. The van der Waals surface area contributed by atoms with Crippen molar-refractivity contribution in [2.75, 3.05) is 14.2 Å². The molecular weight excluding hydrogens is 202 g/mol. The first-order valence-electron chi connectivity index (χ1n) is 5.70.